The van der Waals surface area contributed by atoms with E-state index in [4.69, 9.17) is 14.5 Å². The fourth-order valence-electron chi connectivity index (χ4n) is 6.26. The van der Waals surface area contributed by atoms with Gasteiger partial charge in [0.15, 0.2) is 0 Å². The van der Waals surface area contributed by atoms with Crippen molar-refractivity contribution in [2.45, 2.75) is 89.6 Å². The van der Waals surface area contributed by atoms with Crippen molar-refractivity contribution in [2.75, 3.05) is 37.1 Å². The molecule has 2 aromatic rings. The zero-order chi connectivity index (χ0) is 28.4. The number of hydrogen-bond donors (Lipinski definition) is 0. The highest BCUT2D eigenvalue weighted by Gasteiger charge is 2.36. The van der Waals surface area contributed by atoms with Gasteiger partial charge in [-0.3, -0.25) is 14.2 Å². The second kappa shape index (κ2) is 12.3. The molecule has 4 atom stereocenters. The van der Waals surface area contributed by atoms with E-state index in [2.05, 4.69) is 39.5 Å². The zero-order valence-electron chi connectivity index (χ0n) is 24.7. The Labute approximate surface area is 240 Å². The molecular formula is C32H45N3O4S. The Morgan fingerprint density at radius 1 is 1.05 bits per heavy atom. The standard InChI is InChI=1S/C32H45N3O4S/c1-6-25-10-12-26(13-11-25)35(18-22(2)3)40(36,37)27-14-15-28-29(17-27)32(31-9-7-8-16-38-31)33-30(28)21-34-19-23(4)39-24(5)20-34/h10-15,17,22-24,31-32H,6-9,16,18-21H2,1-5H3/t23-,24+,31?,32?. The maximum atomic E-state index is 14.2. The number of nitrogens with zero attached hydrogens (tertiary/aromatic N) is 3. The van der Waals surface area contributed by atoms with Crippen LogP contribution in [0.3, 0.4) is 0 Å². The van der Waals surface area contributed by atoms with Gasteiger partial charge in [0, 0.05) is 38.3 Å². The Hall–Kier alpha value is -2.26. The third kappa shape index (κ3) is 6.30. The molecule has 7 nitrogen and oxygen atoms in total. The zero-order valence-corrected chi connectivity index (χ0v) is 25.5. The van der Waals surface area contributed by atoms with E-state index in [0.29, 0.717) is 17.1 Å². The molecule has 3 aliphatic heterocycles. The Balaban J connectivity index is 1.50. The summed E-state index contributed by atoms with van der Waals surface area (Å²) in [7, 11) is -3.79. The molecule has 0 radical (unpaired) electrons. The molecular weight excluding hydrogens is 522 g/mol. The second-order valence-electron chi connectivity index (χ2n) is 12.1. The van der Waals surface area contributed by atoms with Crippen molar-refractivity contribution >= 4 is 21.4 Å². The highest BCUT2D eigenvalue weighted by molar-refractivity contribution is 7.92. The highest BCUT2D eigenvalue weighted by Crippen LogP contribution is 2.39. The summed E-state index contributed by atoms with van der Waals surface area (Å²) >= 11 is 0. The summed E-state index contributed by atoms with van der Waals surface area (Å²) < 4.78 is 42.1. The van der Waals surface area contributed by atoms with Crippen LogP contribution in [0.4, 0.5) is 5.69 Å². The van der Waals surface area contributed by atoms with E-state index in [1.54, 1.807) is 10.4 Å². The number of rotatable bonds is 9. The van der Waals surface area contributed by atoms with Gasteiger partial charge >= 0.3 is 0 Å². The molecule has 0 saturated carbocycles. The second-order valence-corrected chi connectivity index (χ2v) is 13.9. The van der Waals surface area contributed by atoms with Crippen molar-refractivity contribution < 1.29 is 17.9 Å². The minimum absolute atomic E-state index is 0.0288. The van der Waals surface area contributed by atoms with Crippen LogP contribution in [0.2, 0.25) is 0 Å². The number of fused-ring (bicyclic) bond motifs is 1. The summed E-state index contributed by atoms with van der Waals surface area (Å²) in [5.74, 6) is 0.173. The Bertz CT molecular complexity index is 1290. The minimum atomic E-state index is -3.79. The average molecular weight is 568 g/mol. The fraction of sp³-hybridized carbons (Fsp3) is 0.594. The van der Waals surface area contributed by atoms with Crippen LogP contribution < -0.4 is 4.31 Å². The molecule has 0 bridgehead atoms. The van der Waals surface area contributed by atoms with Crippen molar-refractivity contribution in [3.8, 4) is 0 Å². The van der Waals surface area contributed by atoms with Crippen molar-refractivity contribution in [3.63, 3.8) is 0 Å². The Kier molecular flexibility index (Phi) is 9.00. The molecule has 218 valence electrons. The SMILES string of the molecule is CCc1ccc(N(CC(C)C)S(=O)(=O)c2ccc3c(c2)C(C2CCCCO2)N=C3CN2C[C@@H](C)O[C@@H](C)C2)cc1. The number of morpholine rings is 1. The molecule has 5 rings (SSSR count). The summed E-state index contributed by atoms with van der Waals surface area (Å²) in [6, 6.07) is 13.3. The van der Waals surface area contributed by atoms with Crippen LogP contribution in [0.15, 0.2) is 52.4 Å². The first kappa shape index (κ1) is 29.2. The van der Waals surface area contributed by atoms with E-state index < -0.39 is 10.0 Å². The predicted molar refractivity (Wildman–Crippen MR) is 161 cm³/mol. The number of benzene rings is 2. The van der Waals surface area contributed by atoms with E-state index in [0.717, 1.165) is 68.8 Å². The topological polar surface area (TPSA) is 71.4 Å². The van der Waals surface area contributed by atoms with Gasteiger partial charge in [0.2, 0.25) is 0 Å². The van der Waals surface area contributed by atoms with E-state index in [9.17, 15) is 8.42 Å². The van der Waals surface area contributed by atoms with Crippen molar-refractivity contribution in [1.82, 2.24) is 4.90 Å². The summed E-state index contributed by atoms with van der Waals surface area (Å²) in [6.07, 6.45) is 4.34. The number of sulfonamides is 1. The molecule has 0 aliphatic carbocycles. The van der Waals surface area contributed by atoms with E-state index in [-0.39, 0.29) is 30.3 Å². The lowest BCUT2D eigenvalue weighted by Crippen LogP contribution is -2.47. The van der Waals surface area contributed by atoms with Gasteiger partial charge in [0.25, 0.3) is 10.0 Å². The fourth-order valence-corrected chi connectivity index (χ4v) is 7.93. The number of ether oxygens (including phenoxy) is 2. The van der Waals surface area contributed by atoms with E-state index in [1.807, 2.05) is 36.4 Å². The van der Waals surface area contributed by atoms with Crippen molar-refractivity contribution in [3.05, 3.63) is 59.2 Å². The Morgan fingerprint density at radius 3 is 2.40 bits per heavy atom. The van der Waals surface area contributed by atoms with Gasteiger partial charge in [-0.15, -0.1) is 0 Å². The van der Waals surface area contributed by atoms with Gasteiger partial charge in [-0.1, -0.05) is 39.0 Å². The molecule has 3 heterocycles. The molecule has 0 amide bonds. The third-order valence-corrected chi connectivity index (χ3v) is 9.92. The molecule has 0 aromatic heterocycles. The van der Waals surface area contributed by atoms with Gasteiger partial charge in [-0.2, -0.15) is 0 Å². The minimum Gasteiger partial charge on any atom is -0.376 e. The summed E-state index contributed by atoms with van der Waals surface area (Å²) in [5.41, 5.74) is 4.93. The number of hydrogen-bond acceptors (Lipinski definition) is 6. The van der Waals surface area contributed by atoms with Crippen LogP contribution in [0.5, 0.6) is 0 Å². The van der Waals surface area contributed by atoms with Crippen molar-refractivity contribution in [1.29, 1.82) is 0 Å². The third-order valence-electron chi connectivity index (χ3n) is 8.13. The number of anilines is 1. The van der Waals surface area contributed by atoms with Gasteiger partial charge in [-0.05, 0) is 80.8 Å². The Morgan fingerprint density at radius 2 is 1.77 bits per heavy atom. The van der Waals surface area contributed by atoms with Crippen LogP contribution in [0, 0.1) is 5.92 Å². The summed E-state index contributed by atoms with van der Waals surface area (Å²) in [5, 5.41) is 0. The van der Waals surface area contributed by atoms with E-state index in [1.165, 1.54) is 5.56 Å². The molecule has 2 saturated heterocycles. The van der Waals surface area contributed by atoms with Crippen LogP contribution in [0.25, 0.3) is 0 Å². The molecule has 0 N–H and O–H groups in total. The first-order valence-electron chi connectivity index (χ1n) is 15.0. The summed E-state index contributed by atoms with van der Waals surface area (Å²) in [6.45, 7) is 14.0. The number of aryl methyl sites for hydroxylation is 1. The quantitative estimate of drug-likeness (QED) is 0.393. The lowest BCUT2D eigenvalue weighted by atomic mass is 9.94. The monoisotopic (exact) mass is 567 g/mol. The van der Waals surface area contributed by atoms with Crippen molar-refractivity contribution in [2.24, 2.45) is 10.9 Å². The number of aliphatic imine (C=N–C) groups is 1. The van der Waals surface area contributed by atoms with Crippen LogP contribution in [-0.2, 0) is 25.9 Å². The summed E-state index contributed by atoms with van der Waals surface area (Å²) in [4.78, 5) is 7.94. The normalized spacial score (nSPS) is 25.6. The molecule has 2 aromatic carbocycles. The first-order valence-corrected chi connectivity index (χ1v) is 16.4. The molecule has 8 heteroatoms. The van der Waals surface area contributed by atoms with Crippen LogP contribution in [-0.4, -0.2) is 70.1 Å². The lowest BCUT2D eigenvalue weighted by molar-refractivity contribution is -0.0634. The maximum Gasteiger partial charge on any atom is 0.264 e. The first-order chi connectivity index (χ1) is 19.2. The predicted octanol–water partition coefficient (Wildman–Crippen LogP) is 5.62. The largest absolute Gasteiger partial charge is 0.376 e. The van der Waals surface area contributed by atoms with Gasteiger partial charge < -0.3 is 9.47 Å². The molecule has 2 unspecified atom stereocenters. The maximum absolute atomic E-state index is 14.2. The van der Waals surface area contributed by atoms with E-state index >= 15 is 0 Å². The van der Waals surface area contributed by atoms with Crippen LogP contribution in [0.1, 0.15) is 76.6 Å². The smallest absolute Gasteiger partial charge is 0.264 e. The average Bonchev–Trinajstić information content (AvgIpc) is 3.29. The molecule has 3 aliphatic rings. The van der Waals surface area contributed by atoms with Gasteiger partial charge in [0.05, 0.1) is 34.6 Å². The highest BCUT2D eigenvalue weighted by atomic mass is 32.2. The molecule has 2 fully saturated rings. The van der Waals surface area contributed by atoms with Gasteiger partial charge in [-0.25, -0.2) is 8.42 Å². The van der Waals surface area contributed by atoms with Gasteiger partial charge in [0.1, 0.15) is 6.04 Å². The molecule has 0 spiro atoms. The lowest BCUT2D eigenvalue weighted by Gasteiger charge is -2.35. The molecule has 40 heavy (non-hydrogen) atoms. The van der Waals surface area contributed by atoms with Crippen LogP contribution >= 0.6 is 0 Å².